The predicted octanol–water partition coefficient (Wildman–Crippen LogP) is 3.52. The van der Waals surface area contributed by atoms with Crippen molar-refractivity contribution in [2.45, 2.75) is 26.0 Å². The van der Waals surface area contributed by atoms with Crippen molar-refractivity contribution < 1.29 is 4.21 Å². The zero-order valence-electron chi connectivity index (χ0n) is 17.2. The van der Waals surface area contributed by atoms with E-state index in [-0.39, 0.29) is 0 Å². The van der Waals surface area contributed by atoms with Crippen LogP contribution in [-0.2, 0) is 23.0 Å². The Morgan fingerprint density at radius 3 is 2.72 bits per heavy atom. The van der Waals surface area contributed by atoms with Crippen LogP contribution in [0, 0.1) is 6.92 Å². The van der Waals surface area contributed by atoms with Crippen molar-refractivity contribution in [3.8, 4) is 0 Å². The predicted molar refractivity (Wildman–Crippen MR) is 124 cm³/mol. The second kappa shape index (κ2) is 10.8. The van der Waals surface area contributed by atoms with Gasteiger partial charge in [0.1, 0.15) is 0 Å². The number of aliphatic imine (C=N–C) groups is 1. The molecule has 2 aromatic carbocycles. The Morgan fingerprint density at radius 2 is 1.93 bits per heavy atom. The summed E-state index contributed by atoms with van der Waals surface area (Å²) in [5.41, 5.74) is 4.89. The first kappa shape index (κ1) is 21.1. The number of aromatic nitrogens is 1. The lowest BCUT2D eigenvalue weighted by molar-refractivity contribution is 0.682. The van der Waals surface area contributed by atoms with Gasteiger partial charge in [-0.05, 0) is 43.0 Å². The second-order valence-corrected chi connectivity index (χ2v) is 8.60. The fourth-order valence-electron chi connectivity index (χ4n) is 3.40. The van der Waals surface area contributed by atoms with Gasteiger partial charge in [-0.25, -0.2) is 0 Å². The van der Waals surface area contributed by atoms with Gasteiger partial charge in [-0.3, -0.25) is 9.20 Å². The highest BCUT2D eigenvalue weighted by atomic mass is 32.2. The van der Waals surface area contributed by atoms with Crippen molar-refractivity contribution >= 4 is 27.7 Å². The van der Waals surface area contributed by atoms with Crippen LogP contribution in [0.1, 0.15) is 23.6 Å². The fraction of sp³-hybridized carbons (Fsp3) is 0.348. The van der Waals surface area contributed by atoms with Crippen LogP contribution >= 0.6 is 0 Å². The van der Waals surface area contributed by atoms with E-state index in [4.69, 9.17) is 0 Å². The van der Waals surface area contributed by atoms with Gasteiger partial charge in [-0.2, -0.15) is 0 Å². The van der Waals surface area contributed by atoms with E-state index in [2.05, 4.69) is 51.9 Å². The maximum absolute atomic E-state index is 12.3. The van der Waals surface area contributed by atoms with E-state index in [0.29, 0.717) is 18.1 Å². The Bertz CT molecular complexity index is 965. The van der Waals surface area contributed by atoms with Crippen LogP contribution in [0.25, 0.3) is 10.9 Å². The average molecular weight is 411 g/mol. The highest BCUT2D eigenvalue weighted by molar-refractivity contribution is 7.84. The van der Waals surface area contributed by atoms with Gasteiger partial charge in [-0.1, -0.05) is 42.5 Å². The van der Waals surface area contributed by atoms with Gasteiger partial charge in [0.2, 0.25) is 0 Å². The molecule has 3 rings (SSSR count). The average Bonchev–Trinajstić information content (AvgIpc) is 3.13. The summed E-state index contributed by atoms with van der Waals surface area (Å²) in [6.45, 7) is 6.33. The highest BCUT2D eigenvalue weighted by Crippen LogP contribution is 2.22. The summed E-state index contributed by atoms with van der Waals surface area (Å²) in [4.78, 5) is 7.94. The molecule has 1 unspecified atom stereocenters. The van der Waals surface area contributed by atoms with Gasteiger partial charge < -0.3 is 15.6 Å². The van der Waals surface area contributed by atoms with Gasteiger partial charge in [0.05, 0.1) is 6.54 Å². The smallest absolute Gasteiger partial charge is 0.191 e. The Morgan fingerprint density at radius 1 is 1.10 bits per heavy atom. The number of nitrogens with zero attached hydrogens (tertiary/aromatic N) is 1. The minimum atomic E-state index is -0.907. The van der Waals surface area contributed by atoms with Crippen LogP contribution in [0.4, 0.5) is 0 Å². The number of benzene rings is 2. The summed E-state index contributed by atoms with van der Waals surface area (Å²) in [5, 5.41) is 7.97. The molecule has 1 aromatic heterocycles. The summed E-state index contributed by atoms with van der Waals surface area (Å²) >= 11 is 0. The van der Waals surface area contributed by atoms with E-state index >= 15 is 0 Å². The first-order valence-corrected chi connectivity index (χ1v) is 11.6. The number of hydrogen-bond donors (Lipinski definition) is 3. The number of guanidine groups is 1. The molecule has 0 aliphatic carbocycles. The Hall–Kier alpha value is -2.60. The monoisotopic (exact) mass is 410 g/mol. The molecule has 0 saturated heterocycles. The summed E-state index contributed by atoms with van der Waals surface area (Å²) < 4.78 is 12.3. The maximum atomic E-state index is 12.3. The number of aryl methyl sites for hydroxylation is 1. The third kappa shape index (κ3) is 6.19. The van der Waals surface area contributed by atoms with Crippen molar-refractivity contribution in [3.05, 3.63) is 71.4 Å². The van der Waals surface area contributed by atoms with E-state index in [0.717, 1.165) is 31.0 Å². The molecule has 1 atom stereocenters. The molecule has 0 saturated carbocycles. The van der Waals surface area contributed by atoms with Crippen LogP contribution < -0.4 is 10.6 Å². The lowest BCUT2D eigenvalue weighted by atomic mass is 10.1. The Kier molecular flexibility index (Phi) is 7.87. The largest absolute Gasteiger partial charge is 0.361 e. The third-order valence-corrected chi connectivity index (χ3v) is 6.08. The first-order valence-electron chi connectivity index (χ1n) is 10.1. The zero-order chi connectivity index (χ0) is 20.5. The fourth-order valence-corrected chi connectivity index (χ4v) is 4.40. The molecule has 0 spiro atoms. The van der Waals surface area contributed by atoms with E-state index in [1.165, 1.54) is 22.0 Å². The molecule has 0 bridgehead atoms. The van der Waals surface area contributed by atoms with Gasteiger partial charge in [0.15, 0.2) is 5.96 Å². The molecule has 0 aliphatic rings. The summed E-state index contributed by atoms with van der Waals surface area (Å²) in [6.07, 6.45) is 3.01. The summed E-state index contributed by atoms with van der Waals surface area (Å²) in [7, 11) is -0.907. The Labute approximate surface area is 175 Å². The molecule has 0 aliphatic heterocycles. The van der Waals surface area contributed by atoms with E-state index in [9.17, 15) is 4.21 Å². The third-order valence-electron chi connectivity index (χ3n) is 4.79. The minimum Gasteiger partial charge on any atom is -0.361 e. The van der Waals surface area contributed by atoms with Crippen LogP contribution in [0.3, 0.4) is 0 Å². The number of fused-ring (bicyclic) bond motifs is 1. The first-order chi connectivity index (χ1) is 14.2. The topological polar surface area (TPSA) is 69.3 Å². The van der Waals surface area contributed by atoms with Crippen molar-refractivity contribution in [2.75, 3.05) is 25.4 Å². The molecule has 0 fully saturated rings. The van der Waals surface area contributed by atoms with Crippen LogP contribution in [0.15, 0.2) is 59.7 Å². The van der Waals surface area contributed by atoms with Gasteiger partial charge >= 0.3 is 0 Å². The van der Waals surface area contributed by atoms with E-state index in [1.54, 1.807) is 0 Å². The Balaban J connectivity index is 1.49. The standard InChI is InChI=1S/C23H30N4OS/c1-3-24-23(26-14-15-29(28)17-19-9-5-4-6-10-19)25-13-12-20-16-27-21-11-7-8-18(2)22(20)21/h4-11,16,27H,3,12-15,17H2,1-2H3,(H2,24,25,26). The normalized spacial score (nSPS) is 12.8. The van der Waals surface area contributed by atoms with Crippen molar-refractivity contribution in [2.24, 2.45) is 4.99 Å². The highest BCUT2D eigenvalue weighted by Gasteiger charge is 2.07. The number of aromatic amines is 1. The molecule has 29 heavy (non-hydrogen) atoms. The summed E-state index contributed by atoms with van der Waals surface area (Å²) in [5.74, 6) is 1.92. The number of H-pyrrole nitrogens is 1. The molecule has 5 nitrogen and oxygen atoms in total. The van der Waals surface area contributed by atoms with E-state index in [1.807, 2.05) is 37.3 Å². The molecule has 0 amide bonds. The van der Waals surface area contributed by atoms with Crippen LogP contribution in [0.5, 0.6) is 0 Å². The van der Waals surface area contributed by atoms with Crippen molar-refractivity contribution in [3.63, 3.8) is 0 Å². The van der Waals surface area contributed by atoms with Gasteiger partial charge in [0.25, 0.3) is 0 Å². The van der Waals surface area contributed by atoms with Crippen molar-refractivity contribution in [1.29, 1.82) is 0 Å². The van der Waals surface area contributed by atoms with E-state index < -0.39 is 10.8 Å². The van der Waals surface area contributed by atoms with Crippen LogP contribution in [0.2, 0.25) is 0 Å². The molecular weight excluding hydrogens is 380 g/mol. The minimum absolute atomic E-state index is 0.543. The molecule has 0 radical (unpaired) electrons. The van der Waals surface area contributed by atoms with Crippen LogP contribution in [-0.4, -0.2) is 40.5 Å². The molecule has 3 N–H and O–H groups in total. The lowest BCUT2D eigenvalue weighted by Gasteiger charge is -2.11. The lowest BCUT2D eigenvalue weighted by Crippen LogP contribution is -2.38. The number of hydrogen-bond acceptors (Lipinski definition) is 2. The molecule has 3 aromatic rings. The molecule has 1 heterocycles. The van der Waals surface area contributed by atoms with Gasteiger partial charge in [-0.15, -0.1) is 0 Å². The molecule has 154 valence electrons. The SMILES string of the molecule is CCNC(=NCCS(=O)Cc1ccccc1)NCCc1c[nH]c2cccc(C)c12. The molecular formula is C23H30N4OS. The van der Waals surface area contributed by atoms with Crippen molar-refractivity contribution in [1.82, 2.24) is 15.6 Å². The summed E-state index contributed by atoms with van der Waals surface area (Å²) in [6, 6.07) is 16.3. The second-order valence-electron chi connectivity index (χ2n) is 7.02. The number of rotatable bonds is 9. The zero-order valence-corrected chi connectivity index (χ0v) is 18.0. The quantitative estimate of drug-likeness (QED) is 0.373. The van der Waals surface area contributed by atoms with Gasteiger partial charge in [0, 0.05) is 52.5 Å². The molecule has 6 heteroatoms. The number of nitrogens with one attached hydrogen (secondary N) is 3. The maximum Gasteiger partial charge on any atom is 0.191 e.